The van der Waals surface area contributed by atoms with Gasteiger partial charge in [0.1, 0.15) is 5.82 Å². The van der Waals surface area contributed by atoms with Gasteiger partial charge in [-0.05, 0) is 18.8 Å². The smallest absolute Gasteiger partial charge is 0.282 e. The van der Waals surface area contributed by atoms with Gasteiger partial charge in [0, 0.05) is 31.6 Å². The summed E-state index contributed by atoms with van der Waals surface area (Å²) in [6.45, 7) is 4.33. The number of nitrogens with one attached hydrogen (secondary N) is 1. The van der Waals surface area contributed by atoms with Crippen LogP contribution < -0.4 is 0 Å². The molecule has 0 radical (unpaired) electrons. The van der Waals surface area contributed by atoms with Crippen molar-refractivity contribution in [1.82, 2.24) is 18.6 Å². The SMILES string of the molecule is CC1CCN(S(=O)(=O)N2CCc3nc(-c4ccccc4)[nH]c3C2)CC1. The van der Waals surface area contributed by atoms with Crippen molar-refractivity contribution in [3.63, 3.8) is 0 Å². The Balaban J connectivity index is 1.54. The van der Waals surface area contributed by atoms with Gasteiger partial charge in [0.05, 0.1) is 17.9 Å². The zero-order valence-corrected chi connectivity index (χ0v) is 15.3. The van der Waals surface area contributed by atoms with Crippen LogP contribution in [0.2, 0.25) is 0 Å². The molecule has 0 aliphatic carbocycles. The highest BCUT2D eigenvalue weighted by molar-refractivity contribution is 7.86. The summed E-state index contributed by atoms with van der Waals surface area (Å²) in [7, 11) is -3.39. The van der Waals surface area contributed by atoms with Gasteiger partial charge in [-0.25, -0.2) is 4.98 Å². The molecule has 0 spiro atoms. The van der Waals surface area contributed by atoms with E-state index in [1.54, 1.807) is 8.61 Å². The Kier molecular flexibility index (Phi) is 4.39. The number of piperidine rings is 1. The number of aromatic amines is 1. The Bertz CT molecular complexity index is 839. The van der Waals surface area contributed by atoms with Crippen molar-refractivity contribution in [2.75, 3.05) is 19.6 Å². The number of rotatable bonds is 3. The molecule has 6 nitrogen and oxygen atoms in total. The molecule has 0 amide bonds. The molecule has 2 aromatic rings. The Morgan fingerprint density at radius 3 is 2.52 bits per heavy atom. The standard InChI is InChI=1S/C18H24N4O2S/c1-14-7-10-21(11-8-14)25(23,24)22-12-9-16-17(13-22)20-18(19-16)15-5-3-2-4-6-15/h2-6,14H,7-13H2,1H3,(H,19,20). The average molecular weight is 360 g/mol. The van der Waals surface area contributed by atoms with Crippen molar-refractivity contribution in [1.29, 1.82) is 0 Å². The zero-order valence-electron chi connectivity index (χ0n) is 14.5. The van der Waals surface area contributed by atoms with Crippen molar-refractivity contribution in [2.24, 2.45) is 5.92 Å². The molecule has 134 valence electrons. The first-order valence-electron chi connectivity index (χ1n) is 8.92. The molecule has 3 heterocycles. The lowest BCUT2D eigenvalue weighted by Crippen LogP contribution is -2.48. The fourth-order valence-electron chi connectivity index (χ4n) is 3.58. The van der Waals surface area contributed by atoms with Crippen molar-refractivity contribution in [3.05, 3.63) is 41.7 Å². The number of nitrogens with zero attached hydrogens (tertiary/aromatic N) is 3. The lowest BCUT2D eigenvalue weighted by Gasteiger charge is -2.35. The molecule has 0 atom stereocenters. The van der Waals surface area contributed by atoms with Gasteiger partial charge in [-0.15, -0.1) is 0 Å². The van der Waals surface area contributed by atoms with E-state index in [1.165, 1.54) is 0 Å². The quantitative estimate of drug-likeness (QED) is 0.914. The topological polar surface area (TPSA) is 69.3 Å². The number of hydrogen-bond acceptors (Lipinski definition) is 3. The molecule has 25 heavy (non-hydrogen) atoms. The van der Waals surface area contributed by atoms with E-state index >= 15 is 0 Å². The monoisotopic (exact) mass is 360 g/mol. The number of H-pyrrole nitrogens is 1. The Morgan fingerprint density at radius 2 is 1.80 bits per heavy atom. The van der Waals surface area contributed by atoms with Crippen LogP contribution in [0.4, 0.5) is 0 Å². The van der Waals surface area contributed by atoms with Crippen LogP contribution in [0.5, 0.6) is 0 Å². The van der Waals surface area contributed by atoms with Gasteiger partial charge >= 0.3 is 0 Å². The lowest BCUT2D eigenvalue weighted by molar-refractivity contribution is 0.259. The van der Waals surface area contributed by atoms with E-state index in [0.717, 1.165) is 35.6 Å². The van der Waals surface area contributed by atoms with Crippen LogP contribution in [0.25, 0.3) is 11.4 Å². The lowest BCUT2D eigenvalue weighted by atomic mass is 10.0. The fourth-order valence-corrected chi connectivity index (χ4v) is 5.19. The first-order valence-corrected chi connectivity index (χ1v) is 10.3. The van der Waals surface area contributed by atoms with Gasteiger partial charge in [-0.3, -0.25) is 0 Å². The molecule has 1 aromatic carbocycles. The highest BCUT2D eigenvalue weighted by Crippen LogP contribution is 2.27. The van der Waals surface area contributed by atoms with Crippen LogP contribution in [0, 0.1) is 5.92 Å². The molecule has 1 aromatic heterocycles. The summed E-state index contributed by atoms with van der Waals surface area (Å²) in [6.07, 6.45) is 2.54. The third-order valence-corrected chi connectivity index (χ3v) is 7.22. The number of fused-ring (bicyclic) bond motifs is 1. The Morgan fingerprint density at radius 1 is 1.08 bits per heavy atom. The zero-order chi connectivity index (χ0) is 17.4. The molecule has 7 heteroatoms. The van der Waals surface area contributed by atoms with Crippen molar-refractivity contribution >= 4 is 10.2 Å². The molecule has 1 saturated heterocycles. The average Bonchev–Trinajstić information content (AvgIpc) is 3.06. The third kappa shape index (κ3) is 3.23. The third-order valence-electron chi connectivity index (χ3n) is 5.24. The number of imidazole rings is 1. The summed E-state index contributed by atoms with van der Waals surface area (Å²) in [6, 6.07) is 9.94. The first-order chi connectivity index (χ1) is 12.0. The summed E-state index contributed by atoms with van der Waals surface area (Å²) >= 11 is 0. The molecule has 0 bridgehead atoms. The predicted molar refractivity (Wildman–Crippen MR) is 97.0 cm³/mol. The van der Waals surface area contributed by atoms with Crippen LogP contribution in [0.1, 0.15) is 31.2 Å². The molecule has 0 saturated carbocycles. The minimum Gasteiger partial charge on any atom is -0.341 e. The van der Waals surface area contributed by atoms with E-state index in [0.29, 0.717) is 38.5 Å². The normalized spacial score (nSPS) is 20.5. The molecule has 2 aliphatic heterocycles. The summed E-state index contributed by atoms with van der Waals surface area (Å²) in [5, 5.41) is 0. The minimum absolute atomic E-state index is 0.379. The maximum Gasteiger partial charge on any atom is 0.282 e. The molecular weight excluding hydrogens is 336 g/mol. The van der Waals surface area contributed by atoms with Crippen LogP contribution in [0.3, 0.4) is 0 Å². The van der Waals surface area contributed by atoms with Crippen LogP contribution in [-0.4, -0.2) is 46.6 Å². The van der Waals surface area contributed by atoms with Crippen LogP contribution >= 0.6 is 0 Å². The molecule has 2 aliphatic rings. The summed E-state index contributed by atoms with van der Waals surface area (Å²) < 4.78 is 29.1. The predicted octanol–water partition coefficient (Wildman–Crippen LogP) is 2.41. The first kappa shape index (κ1) is 16.8. The number of aromatic nitrogens is 2. The molecule has 1 fully saturated rings. The van der Waals surface area contributed by atoms with E-state index in [2.05, 4.69) is 16.9 Å². The fraction of sp³-hybridized carbons (Fsp3) is 0.500. The molecule has 1 N–H and O–H groups in total. The van der Waals surface area contributed by atoms with Crippen molar-refractivity contribution < 1.29 is 8.42 Å². The highest BCUT2D eigenvalue weighted by Gasteiger charge is 2.35. The summed E-state index contributed by atoms with van der Waals surface area (Å²) in [5.74, 6) is 1.43. The Labute approximate surface area is 149 Å². The van der Waals surface area contributed by atoms with E-state index in [9.17, 15) is 8.42 Å². The second-order valence-electron chi connectivity index (χ2n) is 7.05. The van der Waals surface area contributed by atoms with Crippen LogP contribution in [-0.2, 0) is 23.2 Å². The minimum atomic E-state index is -3.39. The van der Waals surface area contributed by atoms with E-state index < -0.39 is 10.2 Å². The van der Waals surface area contributed by atoms with E-state index in [-0.39, 0.29) is 0 Å². The van der Waals surface area contributed by atoms with Gasteiger partial charge in [0.2, 0.25) is 0 Å². The maximum atomic E-state index is 13.0. The largest absolute Gasteiger partial charge is 0.341 e. The molecule has 4 rings (SSSR count). The maximum absolute atomic E-state index is 13.0. The summed E-state index contributed by atoms with van der Waals surface area (Å²) in [4.78, 5) is 8.00. The second kappa shape index (κ2) is 6.55. The second-order valence-corrected chi connectivity index (χ2v) is 8.98. The Hall–Kier alpha value is -1.70. The van der Waals surface area contributed by atoms with Crippen molar-refractivity contribution in [2.45, 2.75) is 32.7 Å². The van der Waals surface area contributed by atoms with E-state index in [1.807, 2.05) is 30.3 Å². The number of benzene rings is 1. The van der Waals surface area contributed by atoms with Crippen LogP contribution in [0.15, 0.2) is 30.3 Å². The molecule has 0 unspecified atom stereocenters. The van der Waals surface area contributed by atoms with Gasteiger partial charge in [-0.1, -0.05) is 37.3 Å². The van der Waals surface area contributed by atoms with E-state index in [4.69, 9.17) is 0 Å². The van der Waals surface area contributed by atoms with Gasteiger partial charge in [0.25, 0.3) is 10.2 Å². The van der Waals surface area contributed by atoms with Gasteiger partial charge in [0.15, 0.2) is 0 Å². The van der Waals surface area contributed by atoms with Gasteiger partial charge < -0.3 is 4.98 Å². The van der Waals surface area contributed by atoms with Gasteiger partial charge in [-0.2, -0.15) is 17.0 Å². The highest BCUT2D eigenvalue weighted by atomic mass is 32.2. The van der Waals surface area contributed by atoms with Crippen molar-refractivity contribution in [3.8, 4) is 11.4 Å². The molecular formula is C18H24N4O2S. The number of hydrogen-bond donors (Lipinski definition) is 1. The summed E-state index contributed by atoms with van der Waals surface area (Å²) in [5.41, 5.74) is 2.92.